The predicted molar refractivity (Wildman–Crippen MR) is 75.2 cm³/mol. The molecule has 0 aromatic heterocycles. The van der Waals surface area contributed by atoms with Gasteiger partial charge < -0.3 is 15.4 Å². The minimum absolute atomic E-state index is 0.240. The molecule has 1 aliphatic rings. The summed E-state index contributed by atoms with van der Waals surface area (Å²) >= 11 is 6.26. The minimum Gasteiger partial charge on any atom is -0.487 e. The summed E-state index contributed by atoms with van der Waals surface area (Å²) < 4.78 is 5.93. The van der Waals surface area contributed by atoms with Crippen LogP contribution in [-0.4, -0.2) is 31.1 Å². The van der Waals surface area contributed by atoms with E-state index in [1.54, 1.807) is 0 Å². The van der Waals surface area contributed by atoms with Crippen molar-refractivity contribution in [3.05, 3.63) is 28.8 Å². The summed E-state index contributed by atoms with van der Waals surface area (Å²) in [5, 5.41) is 0.639. The van der Waals surface area contributed by atoms with Crippen LogP contribution in [-0.2, 0) is 5.54 Å². The molecule has 0 bridgehead atoms. The van der Waals surface area contributed by atoms with Gasteiger partial charge in [0.2, 0.25) is 0 Å². The van der Waals surface area contributed by atoms with Crippen LogP contribution in [0.1, 0.15) is 25.8 Å². The molecule has 1 heterocycles. The summed E-state index contributed by atoms with van der Waals surface area (Å²) in [6.07, 6.45) is 1.29. The molecule has 4 heteroatoms. The normalized spacial score (nSPS) is 21.3. The molecule has 2 N–H and O–H groups in total. The Bertz CT molecular complexity index is 428. The lowest BCUT2D eigenvalue weighted by molar-refractivity contribution is 0.208. The van der Waals surface area contributed by atoms with Gasteiger partial charge in [0.15, 0.2) is 0 Å². The standard InChI is InChI=1S/C14H21ClN2O/c1-14(2,16)10-4-5-13(12(15)8-10)18-11-6-7-17(3)9-11/h4-5,8,11H,6-7,9,16H2,1-3H3. The molecule has 100 valence electrons. The van der Waals surface area contributed by atoms with Gasteiger partial charge in [-0.1, -0.05) is 17.7 Å². The zero-order valence-electron chi connectivity index (χ0n) is 11.2. The van der Waals surface area contributed by atoms with Gasteiger partial charge in [-0.2, -0.15) is 0 Å². The summed E-state index contributed by atoms with van der Waals surface area (Å²) in [5.74, 6) is 0.755. The highest BCUT2D eigenvalue weighted by Crippen LogP contribution is 2.30. The second kappa shape index (κ2) is 5.08. The van der Waals surface area contributed by atoms with Crippen molar-refractivity contribution in [2.24, 2.45) is 5.73 Å². The SMILES string of the molecule is CN1CCC(Oc2ccc(C(C)(C)N)cc2Cl)C1. The highest BCUT2D eigenvalue weighted by atomic mass is 35.5. The first kappa shape index (κ1) is 13.7. The Balaban J connectivity index is 2.10. The number of halogens is 1. The molecule has 0 saturated carbocycles. The van der Waals surface area contributed by atoms with Crippen molar-refractivity contribution in [1.82, 2.24) is 4.90 Å². The van der Waals surface area contributed by atoms with Gasteiger partial charge in [-0.05, 0) is 45.0 Å². The zero-order chi connectivity index (χ0) is 13.3. The van der Waals surface area contributed by atoms with Crippen molar-refractivity contribution in [2.75, 3.05) is 20.1 Å². The third-order valence-electron chi connectivity index (χ3n) is 3.32. The van der Waals surface area contributed by atoms with E-state index in [1.165, 1.54) is 0 Å². The summed E-state index contributed by atoms with van der Waals surface area (Å²) in [5.41, 5.74) is 6.69. The zero-order valence-corrected chi connectivity index (χ0v) is 12.0. The molecule has 1 aromatic rings. The van der Waals surface area contributed by atoms with Crippen LogP contribution in [0.15, 0.2) is 18.2 Å². The number of nitrogens with zero attached hydrogens (tertiary/aromatic N) is 1. The van der Waals surface area contributed by atoms with Crippen LogP contribution < -0.4 is 10.5 Å². The molecular formula is C14H21ClN2O. The number of benzene rings is 1. The fourth-order valence-corrected chi connectivity index (χ4v) is 2.39. The Labute approximate surface area is 114 Å². The number of hydrogen-bond donors (Lipinski definition) is 1. The summed E-state index contributed by atoms with van der Waals surface area (Å²) in [6.45, 7) is 5.97. The molecule has 0 radical (unpaired) electrons. The van der Waals surface area contributed by atoms with Gasteiger partial charge in [0, 0.05) is 18.6 Å². The van der Waals surface area contributed by atoms with Gasteiger partial charge in [0.05, 0.1) is 5.02 Å². The minimum atomic E-state index is -0.379. The van der Waals surface area contributed by atoms with Gasteiger partial charge in [0.1, 0.15) is 11.9 Å². The van der Waals surface area contributed by atoms with Crippen molar-refractivity contribution in [3.63, 3.8) is 0 Å². The third-order valence-corrected chi connectivity index (χ3v) is 3.61. The average molecular weight is 269 g/mol. The van der Waals surface area contributed by atoms with Gasteiger partial charge in [-0.3, -0.25) is 0 Å². The van der Waals surface area contributed by atoms with E-state index < -0.39 is 0 Å². The summed E-state index contributed by atoms with van der Waals surface area (Å²) in [6, 6.07) is 5.81. The van der Waals surface area contributed by atoms with Gasteiger partial charge in [-0.25, -0.2) is 0 Å². The van der Waals surface area contributed by atoms with Gasteiger partial charge >= 0.3 is 0 Å². The lowest BCUT2D eigenvalue weighted by atomic mass is 9.96. The highest BCUT2D eigenvalue weighted by molar-refractivity contribution is 6.32. The lowest BCUT2D eigenvalue weighted by Crippen LogP contribution is -2.28. The smallest absolute Gasteiger partial charge is 0.138 e. The fraction of sp³-hybridized carbons (Fsp3) is 0.571. The van der Waals surface area contributed by atoms with Crippen molar-refractivity contribution in [2.45, 2.75) is 31.9 Å². The summed E-state index contributed by atoms with van der Waals surface area (Å²) in [7, 11) is 2.10. The Morgan fingerprint density at radius 1 is 1.44 bits per heavy atom. The molecule has 0 aliphatic carbocycles. The molecule has 0 spiro atoms. The number of rotatable bonds is 3. The fourth-order valence-electron chi connectivity index (χ4n) is 2.17. The van der Waals surface area contributed by atoms with Crippen molar-refractivity contribution in [1.29, 1.82) is 0 Å². The number of ether oxygens (including phenoxy) is 1. The second-order valence-electron chi connectivity index (χ2n) is 5.66. The van der Waals surface area contributed by atoms with Crippen LogP contribution in [0, 0.1) is 0 Å². The van der Waals surface area contributed by atoms with Crippen LogP contribution >= 0.6 is 11.6 Å². The van der Waals surface area contributed by atoms with E-state index in [2.05, 4.69) is 11.9 Å². The number of hydrogen-bond acceptors (Lipinski definition) is 3. The van der Waals surface area contributed by atoms with E-state index in [9.17, 15) is 0 Å². The molecule has 1 aliphatic heterocycles. The molecule has 1 fully saturated rings. The maximum absolute atomic E-state index is 6.26. The number of likely N-dealkylation sites (N-methyl/N-ethyl adjacent to an activating group) is 1. The Kier molecular flexibility index (Phi) is 3.85. The molecule has 2 rings (SSSR count). The Hall–Kier alpha value is -0.770. The van der Waals surface area contributed by atoms with Gasteiger partial charge in [0.25, 0.3) is 0 Å². The quantitative estimate of drug-likeness (QED) is 0.916. The molecule has 1 unspecified atom stereocenters. The first-order valence-electron chi connectivity index (χ1n) is 6.30. The Morgan fingerprint density at radius 2 is 2.17 bits per heavy atom. The van der Waals surface area contributed by atoms with E-state index >= 15 is 0 Å². The third kappa shape index (κ3) is 3.16. The highest BCUT2D eigenvalue weighted by Gasteiger charge is 2.22. The first-order chi connectivity index (χ1) is 8.36. The van der Waals surface area contributed by atoms with Crippen molar-refractivity contribution < 1.29 is 4.74 Å². The van der Waals surface area contributed by atoms with Crippen LogP contribution in [0.3, 0.4) is 0 Å². The lowest BCUT2D eigenvalue weighted by Gasteiger charge is -2.21. The van der Waals surface area contributed by atoms with E-state index in [1.807, 2.05) is 32.0 Å². The maximum atomic E-state index is 6.26. The van der Waals surface area contributed by atoms with Crippen LogP contribution in [0.5, 0.6) is 5.75 Å². The molecule has 3 nitrogen and oxygen atoms in total. The van der Waals surface area contributed by atoms with Crippen molar-refractivity contribution in [3.8, 4) is 5.75 Å². The molecule has 1 aromatic carbocycles. The van der Waals surface area contributed by atoms with E-state index in [0.717, 1.165) is 30.8 Å². The number of nitrogens with two attached hydrogens (primary N) is 1. The largest absolute Gasteiger partial charge is 0.487 e. The topological polar surface area (TPSA) is 38.5 Å². The van der Waals surface area contributed by atoms with Crippen LogP contribution in [0.2, 0.25) is 5.02 Å². The van der Waals surface area contributed by atoms with E-state index in [0.29, 0.717) is 5.02 Å². The van der Waals surface area contributed by atoms with Crippen molar-refractivity contribution >= 4 is 11.6 Å². The average Bonchev–Trinajstić information content (AvgIpc) is 2.65. The van der Waals surface area contributed by atoms with Crippen LogP contribution in [0.4, 0.5) is 0 Å². The molecule has 1 atom stereocenters. The molecular weight excluding hydrogens is 248 g/mol. The Morgan fingerprint density at radius 3 is 2.67 bits per heavy atom. The van der Waals surface area contributed by atoms with E-state index in [4.69, 9.17) is 22.1 Å². The molecule has 18 heavy (non-hydrogen) atoms. The van der Waals surface area contributed by atoms with E-state index in [-0.39, 0.29) is 11.6 Å². The van der Waals surface area contributed by atoms with Crippen LogP contribution in [0.25, 0.3) is 0 Å². The first-order valence-corrected chi connectivity index (χ1v) is 6.68. The molecule has 0 amide bonds. The second-order valence-corrected chi connectivity index (χ2v) is 6.06. The molecule has 1 saturated heterocycles. The maximum Gasteiger partial charge on any atom is 0.138 e. The number of likely N-dealkylation sites (tertiary alicyclic amines) is 1. The summed E-state index contributed by atoms with van der Waals surface area (Å²) in [4.78, 5) is 2.26. The monoisotopic (exact) mass is 268 g/mol. The predicted octanol–water partition coefficient (Wildman–Crippen LogP) is 2.62. The van der Waals surface area contributed by atoms with Gasteiger partial charge in [-0.15, -0.1) is 0 Å².